The number of rotatable bonds is 4. The van der Waals surface area contributed by atoms with E-state index in [0.29, 0.717) is 19.0 Å². The number of Topliss-reactive ketones (excluding diaryl/α,β-unsaturated/α-hetero) is 1. The Morgan fingerprint density at radius 3 is 2.58 bits per heavy atom. The first kappa shape index (κ1) is 13.8. The Hall–Kier alpha value is -1.62. The second-order valence-electron chi connectivity index (χ2n) is 4.47. The van der Waals surface area contributed by atoms with Gasteiger partial charge in [0.15, 0.2) is 17.3 Å². The molecular weight excluding hydrogens is 251 g/mol. The molecule has 0 aliphatic carbocycles. The molecule has 0 spiro atoms. The Labute approximate surface area is 111 Å². The van der Waals surface area contributed by atoms with E-state index in [1.165, 1.54) is 26.4 Å². The second kappa shape index (κ2) is 6.02. The minimum atomic E-state index is -0.590. The van der Waals surface area contributed by atoms with E-state index in [-0.39, 0.29) is 23.0 Å². The predicted molar refractivity (Wildman–Crippen MR) is 67.4 cm³/mol. The van der Waals surface area contributed by atoms with E-state index in [1.807, 2.05) is 0 Å². The zero-order valence-corrected chi connectivity index (χ0v) is 11.1. The lowest BCUT2D eigenvalue weighted by molar-refractivity contribution is 0.0458. The number of benzene rings is 1. The summed E-state index contributed by atoms with van der Waals surface area (Å²) >= 11 is 0. The molecule has 1 aliphatic rings. The standard InChI is InChI=1S/C14H17FO4/c1-17-12-6-10(11(15)7-13(12)18-2)14(16)9-4-3-5-19-8-9/h6-7,9H,3-5,8H2,1-2H3. The zero-order valence-electron chi connectivity index (χ0n) is 11.1. The van der Waals surface area contributed by atoms with Crippen LogP contribution in [0, 0.1) is 11.7 Å². The average molecular weight is 268 g/mol. The van der Waals surface area contributed by atoms with Crippen molar-refractivity contribution < 1.29 is 23.4 Å². The third kappa shape index (κ3) is 2.87. The highest BCUT2D eigenvalue weighted by atomic mass is 19.1. The van der Waals surface area contributed by atoms with E-state index in [0.717, 1.165) is 12.8 Å². The normalized spacial score (nSPS) is 19.0. The molecule has 1 aromatic carbocycles. The third-order valence-electron chi connectivity index (χ3n) is 3.27. The Morgan fingerprint density at radius 2 is 2.00 bits per heavy atom. The van der Waals surface area contributed by atoms with Crippen molar-refractivity contribution in [3.05, 3.63) is 23.5 Å². The summed E-state index contributed by atoms with van der Waals surface area (Å²) in [4.78, 5) is 12.3. The van der Waals surface area contributed by atoms with Crippen molar-refractivity contribution in [1.29, 1.82) is 0 Å². The van der Waals surface area contributed by atoms with Crippen LogP contribution in [0.15, 0.2) is 12.1 Å². The molecule has 1 aromatic rings. The Balaban J connectivity index is 2.30. The number of ether oxygens (including phenoxy) is 3. The summed E-state index contributed by atoms with van der Waals surface area (Å²) in [6, 6.07) is 2.57. The molecule has 0 N–H and O–H groups in total. The van der Waals surface area contributed by atoms with Crippen LogP contribution < -0.4 is 9.47 Å². The topological polar surface area (TPSA) is 44.8 Å². The molecule has 0 bridgehead atoms. The van der Waals surface area contributed by atoms with Crippen LogP contribution in [-0.4, -0.2) is 33.2 Å². The monoisotopic (exact) mass is 268 g/mol. The van der Waals surface area contributed by atoms with Crippen molar-refractivity contribution >= 4 is 5.78 Å². The highest BCUT2D eigenvalue weighted by Crippen LogP contribution is 2.31. The fraction of sp³-hybridized carbons (Fsp3) is 0.500. The Bertz CT molecular complexity index is 467. The molecule has 0 saturated carbocycles. The quantitative estimate of drug-likeness (QED) is 0.787. The summed E-state index contributed by atoms with van der Waals surface area (Å²) in [5.41, 5.74) is 0.0353. The van der Waals surface area contributed by atoms with Gasteiger partial charge in [-0.05, 0) is 18.9 Å². The highest BCUT2D eigenvalue weighted by Gasteiger charge is 2.26. The van der Waals surface area contributed by atoms with Crippen LogP contribution in [0.1, 0.15) is 23.2 Å². The molecular formula is C14H17FO4. The van der Waals surface area contributed by atoms with E-state index in [4.69, 9.17) is 14.2 Å². The lowest BCUT2D eigenvalue weighted by Gasteiger charge is -2.21. The lowest BCUT2D eigenvalue weighted by atomic mass is 9.92. The van der Waals surface area contributed by atoms with Crippen molar-refractivity contribution in [3.8, 4) is 11.5 Å². The fourth-order valence-electron chi connectivity index (χ4n) is 2.21. The van der Waals surface area contributed by atoms with Gasteiger partial charge in [0.25, 0.3) is 0 Å². The van der Waals surface area contributed by atoms with Crippen LogP contribution in [0.3, 0.4) is 0 Å². The van der Waals surface area contributed by atoms with Gasteiger partial charge in [-0.3, -0.25) is 4.79 Å². The van der Waals surface area contributed by atoms with Gasteiger partial charge in [-0.15, -0.1) is 0 Å². The minimum Gasteiger partial charge on any atom is -0.493 e. The molecule has 1 atom stereocenters. The van der Waals surface area contributed by atoms with Gasteiger partial charge in [0.05, 0.1) is 26.4 Å². The first-order chi connectivity index (χ1) is 9.17. The molecule has 1 fully saturated rings. The molecule has 0 aromatic heterocycles. The Morgan fingerprint density at radius 1 is 1.32 bits per heavy atom. The van der Waals surface area contributed by atoms with E-state index in [2.05, 4.69) is 0 Å². The summed E-state index contributed by atoms with van der Waals surface area (Å²) in [6.07, 6.45) is 1.55. The smallest absolute Gasteiger partial charge is 0.171 e. The van der Waals surface area contributed by atoms with Crippen LogP contribution in [0.2, 0.25) is 0 Å². The number of hydrogen-bond acceptors (Lipinski definition) is 4. The number of hydrogen-bond donors (Lipinski definition) is 0. The van der Waals surface area contributed by atoms with Crippen LogP contribution >= 0.6 is 0 Å². The van der Waals surface area contributed by atoms with Gasteiger partial charge in [0.1, 0.15) is 5.82 Å². The fourth-order valence-corrected chi connectivity index (χ4v) is 2.21. The molecule has 1 unspecified atom stereocenters. The largest absolute Gasteiger partial charge is 0.493 e. The maximum absolute atomic E-state index is 14.0. The van der Waals surface area contributed by atoms with Gasteiger partial charge < -0.3 is 14.2 Å². The molecule has 0 radical (unpaired) electrons. The van der Waals surface area contributed by atoms with Crippen LogP contribution in [0.4, 0.5) is 4.39 Å². The number of halogens is 1. The molecule has 1 aliphatic heterocycles. The molecule has 0 amide bonds. The van der Waals surface area contributed by atoms with Gasteiger partial charge in [-0.1, -0.05) is 0 Å². The first-order valence-electron chi connectivity index (χ1n) is 6.21. The van der Waals surface area contributed by atoms with Crippen molar-refractivity contribution in [1.82, 2.24) is 0 Å². The summed E-state index contributed by atoms with van der Waals surface area (Å²) in [5.74, 6) is -0.479. The lowest BCUT2D eigenvalue weighted by Crippen LogP contribution is -2.26. The summed E-state index contributed by atoms with van der Waals surface area (Å²) in [5, 5.41) is 0. The number of carbonyl (C=O) groups excluding carboxylic acids is 1. The maximum Gasteiger partial charge on any atom is 0.171 e. The van der Waals surface area contributed by atoms with Crippen molar-refractivity contribution in [2.75, 3.05) is 27.4 Å². The molecule has 5 heteroatoms. The first-order valence-corrected chi connectivity index (χ1v) is 6.21. The van der Waals surface area contributed by atoms with Crippen LogP contribution in [-0.2, 0) is 4.74 Å². The molecule has 19 heavy (non-hydrogen) atoms. The van der Waals surface area contributed by atoms with E-state index in [1.54, 1.807) is 0 Å². The average Bonchev–Trinajstić information content (AvgIpc) is 2.47. The molecule has 1 heterocycles. The van der Waals surface area contributed by atoms with Crippen LogP contribution in [0.5, 0.6) is 11.5 Å². The number of methoxy groups -OCH3 is 2. The van der Waals surface area contributed by atoms with Crippen molar-refractivity contribution in [3.63, 3.8) is 0 Å². The van der Waals surface area contributed by atoms with E-state index < -0.39 is 5.82 Å². The summed E-state index contributed by atoms with van der Waals surface area (Å²) < 4.78 is 29.3. The van der Waals surface area contributed by atoms with Gasteiger partial charge in [-0.25, -0.2) is 4.39 Å². The van der Waals surface area contributed by atoms with Gasteiger partial charge in [0, 0.05) is 18.6 Å². The highest BCUT2D eigenvalue weighted by molar-refractivity contribution is 5.98. The van der Waals surface area contributed by atoms with Crippen LogP contribution in [0.25, 0.3) is 0 Å². The van der Waals surface area contributed by atoms with Crippen molar-refractivity contribution in [2.45, 2.75) is 12.8 Å². The van der Waals surface area contributed by atoms with E-state index >= 15 is 0 Å². The molecule has 2 rings (SSSR count). The third-order valence-corrected chi connectivity index (χ3v) is 3.27. The SMILES string of the molecule is COc1cc(F)c(C(=O)C2CCCOC2)cc1OC. The zero-order chi connectivity index (χ0) is 13.8. The predicted octanol–water partition coefficient (Wildman–Crippen LogP) is 2.45. The minimum absolute atomic E-state index is 0.0353. The van der Waals surface area contributed by atoms with Gasteiger partial charge in [-0.2, -0.15) is 0 Å². The van der Waals surface area contributed by atoms with E-state index in [9.17, 15) is 9.18 Å². The van der Waals surface area contributed by atoms with Gasteiger partial charge >= 0.3 is 0 Å². The van der Waals surface area contributed by atoms with Crippen molar-refractivity contribution in [2.24, 2.45) is 5.92 Å². The Kier molecular flexibility index (Phi) is 4.37. The molecule has 104 valence electrons. The molecule has 1 saturated heterocycles. The van der Waals surface area contributed by atoms with Gasteiger partial charge in [0.2, 0.25) is 0 Å². The number of ketones is 1. The molecule has 4 nitrogen and oxygen atoms in total. The summed E-state index contributed by atoms with van der Waals surface area (Å²) in [6.45, 7) is 1.02. The maximum atomic E-state index is 14.0. The summed E-state index contributed by atoms with van der Waals surface area (Å²) in [7, 11) is 2.88. The number of carbonyl (C=O) groups is 1. The second-order valence-corrected chi connectivity index (χ2v) is 4.47.